The molecule has 2 aromatic heterocycles. The molecule has 4 nitrogen and oxygen atoms in total. The van der Waals surface area contributed by atoms with Crippen LogP contribution in [-0.4, -0.2) is 15.7 Å². The maximum atomic E-state index is 5.52. The van der Waals surface area contributed by atoms with Gasteiger partial charge in [0.2, 0.25) is 5.89 Å². The summed E-state index contributed by atoms with van der Waals surface area (Å²) in [5, 5.41) is 0.583. The quantitative estimate of drug-likeness (QED) is 0.830. The van der Waals surface area contributed by atoms with Gasteiger partial charge < -0.3 is 10.2 Å². The molecule has 0 atom stereocenters. The van der Waals surface area contributed by atoms with Gasteiger partial charge in [-0.05, 0) is 0 Å². The maximum Gasteiger partial charge on any atom is 0.221 e. The molecule has 2 N–H and O–H groups in total. The lowest BCUT2D eigenvalue weighted by molar-refractivity contribution is 0.542. The molecule has 0 aliphatic rings. The van der Waals surface area contributed by atoms with Gasteiger partial charge in [0.05, 0.1) is 16.6 Å². The molecule has 2 aromatic rings. The van der Waals surface area contributed by atoms with Crippen molar-refractivity contribution >= 4 is 33.8 Å². The van der Waals surface area contributed by atoms with Crippen LogP contribution < -0.4 is 5.73 Å². The van der Waals surface area contributed by atoms with Crippen molar-refractivity contribution in [3.8, 4) is 0 Å². The van der Waals surface area contributed by atoms with Gasteiger partial charge in [0, 0.05) is 11.3 Å². The van der Waals surface area contributed by atoms with Crippen molar-refractivity contribution in [1.29, 1.82) is 0 Å². The lowest BCUT2D eigenvalue weighted by Gasteiger charge is -1.98. The first kappa shape index (κ1) is 10.3. The highest BCUT2D eigenvalue weighted by atomic mass is 32.2. The molecular weight excluding hydrogens is 230 g/mol. The summed E-state index contributed by atoms with van der Waals surface area (Å²) in [5.74, 6) is 1.31. The van der Waals surface area contributed by atoms with Crippen molar-refractivity contribution in [2.75, 3.05) is 11.5 Å². The Hall–Kier alpha value is -1.27. The zero-order valence-electron chi connectivity index (χ0n) is 7.84. The molecule has 0 aliphatic heterocycles. The van der Waals surface area contributed by atoms with Crippen LogP contribution in [-0.2, 0) is 0 Å². The van der Waals surface area contributed by atoms with Crippen molar-refractivity contribution in [2.45, 2.75) is 4.21 Å². The predicted molar refractivity (Wildman–Crippen MR) is 62.8 cm³/mol. The minimum atomic E-state index is 0.583. The van der Waals surface area contributed by atoms with Crippen LogP contribution in [0.1, 0.15) is 5.89 Å². The van der Waals surface area contributed by atoms with Gasteiger partial charge in [-0.15, -0.1) is 11.8 Å². The van der Waals surface area contributed by atoms with E-state index in [9.17, 15) is 0 Å². The van der Waals surface area contributed by atoms with Crippen LogP contribution in [0.5, 0.6) is 0 Å². The Morgan fingerprint density at radius 1 is 1.60 bits per heavy atom. The maximum absolute atomic E-state index is 5.52. The van der Waals surface area contributed by atoms with Gasteiger partial charge in [-0.2, -0.15) is 0 Å². The molecule has 15 heavy (non-hydrogen) atoms. The highest BCUT2D eigenvalue weighted by molar-refractivity contribution is 8.01. The van der Waals surface area contributed by atoms with Crippen LogP contribution in [0, 0.1) is 0 Å². The summed E-state index contributed by atoms with van der Waals surface area (Å²) in [6.45, 7) is 3.89. The smallest absolute Gasteiger partial charge is 0.221 e. The van der Waals surface area contributed by atoms with Gasteiger partial charge in [-0.1, -0.05) is 17.9 Å². The topological polar surface area (TPSA) is 64.9 Å². The predicted octanol–water partition coefficient (Wildman–Crippen LogP) is 2.52. The molecule has 0 amide bonds. The van der Waals surface area contributed by atoms with Gasteiger partial charge >= 0.3 is 0 Å². The van der Waals surface area contributed by atoms with Crippen molar-refractivity contribution in [3.05, 3.63) is 31.1 Å². The first-order valence-electron chi connectivity index (χ1n) is 4.17. The van der Waals surface area contributed by atoms with Crippen molar-refractivity contribution in [1.82, 2.24) is 9.97 Å². The van der Waals surface area contributed by atoms with E-state index in [1.54, 1.807) is 24.2 Å². The Labute approximate surface area is 95.2 Å². The third kappa shape index (κ3) is 2.60. The number of nitrogen functional groups attached to an aromatic ring is 1. The fourth-order valence-electron chi connectivity index (χ4n) is 0.957. The van der Waals surface area contributed by atoms with Crippen LogP contribution in [0.25, 0.3) is 5.57 Å². The average molecular weight is 239 g/mol. The van der Waals surface area contributed by atoms with E-state index >= 15 is 0 Å². The molecule has 0 aromatic carbocycles. The Kier molecular flexibility index (Phi) is 3.08. The second-order valence-electron chi connectivity index (χ2n) is 2.75. The summed E-state index contributed by atoms with van der Waals surface area (Å²) in [6, 6.07) is 0. The number of hydrogen-bond donors (Lipinski definition) is 1. The van der Waals surface area contributed by atoms with Gasteiger partial charge in [0.15, 0.2) is 5.13 Å². The van der Waals surface area contributed by atoms with E-state index in [0.717, 1.165) is 15.5 Å². The van der Waals surface area contributed by atoms with Crippen LogP contribution >= 0.6 is 23.1 Å². The molecule has 0 spiro atoms. The molecule has 0 saturated heterocycles. The Bertz CT molecular complexity index is 450. The largest absolute Gasteiger partial charge is 0.445 e. The fourth-order valence-corrected chi connectivity index (χ4v) is 2.61. The Morgan fingerprint density at radius 2 is 2.47 bits per heavy atom. The van der Waals surface area contributed by atoms with E-state index in [1.807, 2.05) is 0 Å². The van der Waals surface area contributed by atoms with Gasteiger partial charge in [0.1, 0.15) is 6.26 Å². The number of oxazole rings is 1. The second kappa shape index (κ2) is 4.50. The van der Waals surface area contributed by atoms with E-state index < -0.39 is 0 Å². The Balaban J connectivity index is 1.91. The van der Waals surface area contributed by atoms with E-state index in [1.165, 1.54) is 17.6 Å². The minimum absolute atomic E-state index is 0.583. The third-order valence-electron chi connectivity index (χ3n) is 1.63. The zero-order valence-corrected chi connectivity index (χ0v) is 9.48. The molecule has 2 heterocycles. The zero-order chi connectivity index (χ0) is 10.7. The number of rotatable bonds is 4. The normalized spacial score (nSPS) is 10.4. The van der Waals surface area contributed by atoms with Crippen LogP contribution in [0.3, 0.4) is 0 Å². The molecule has 0 unspecified atom stereocenters. The monoisotopic (exact) mass is 239 g/mol. The summed E-state index contributed by atoms with van der Waals surface area (Å²) in [7, 11) is 0. The summed E-state index contributed by atoms with van der Waals surface area (Å²) in [6.07, 6.45) is 4.90. The van der Waals surface area contributed by atoms with E-state index in [-0.39, 0.29) is 0 Å². The highest BCUT2D eigenvalue weighted by Crippen LogP contribution is 2.29. The minimum Gasteiger partial charge on any atom is -0.445 e. The molecule has 0 fully saturated rings. The standard InChI is InChI=1S/C9H9N3OS2/c1-6(8-11-2-3-13-8)5-14-7-4-12-9(10)15-7/h2-4H,1,5H2,(H2,10,12). The number of hydrogen-bond acceptors (Lipinski definition) is 6. The molecule has 78 valence electrons. The van der Waals surface area contributed by atoms with E-state index in [4.69, 9.17) is 10.2 Å². The summed E-state index contributed by atoms with van der Waals surface area (Å²) in [4.78, 5) is 7.98. The van der Waals surface area contributed by atoms with E-state index in [2.05, 4.69) is 16.5 Å². The molecule has 0 aliphatic carbocycles. The molecule has 0 saturated carbocycles. The highest BCUT2D eigenvalue weighted by Gasteiger charge is 2.06. The molecule has 2 rings (SSSR count). The van der Waals surface area contributed by atoms with Crippen molar-refractivity contribution in [2.24, 2.45) is 0 Å². The Morgan fingerprint density at radius 3 is 3.07 bits per heavy atom. The summed E-state index contributed by atoms with van der Waals surface area (Å²) < 4.78 is 6.20. The number of anilines is 1. The van der Waals surface area contributed by atoms with Crippen LogP contribution in [0.15, 0.2) is 33.9 Å². The third-order valence-corrected chi connectivity index (χ3v) is 3.73. The van der Waals surface area contributed by atoms with Gasteiger partial charge in [0.25, 0.3) is 0 Å². The number of nitrogens with two attached hydrogens (primary N) is 1. The molecule has 0 radical (unpaired) electrons. The first-order valence-corrected chi connectivity index (χ1v) is 5.97. The van der Waals surface area contributed by atoms with Crippen molar-refractivity contribution < 1.29 is 4.42 Å². The van der Waals surface area contributed by atoms with Gasteiger partial charge in [-0.25, -0.2) is 9.97 Å². The van der Waals surface area contributed by atoms with Crippen LogP contribution in [0.4, 0.5) is 5.13 Å². The first-order chi connectivity index (χ1) is 7.25. The lowest BCUT2D eigenvalue weighted by Crippen LogP contribution is -1.85. The number of aromatic nitrogens is 2. The lowest BCUT2D eigenvalue weighted by atomic mass is 10.3. The molecule has 0 bridgehead atoms. The number of thioether (sulfide) groups is 1. The fraction of sp³-hybridized carbons (Fsp3) is 0.111. The molecular formula is C9H9N3OS2. The summed E-state index contributed by atoms with van der Waals surface area (Å²) in [5.41, 5.74) is 6.38. The average Bonchev–Trinajstić information content (AvgIpc) is 2.84. The number of nitrogens with zero attached hydrogens (tertiary/aromatic N) is 2. The van der Waals surface area contributed by atoms with Crippen molar-refractivity contribution in [3.63, 3.8) is 0 Å². The summed E-state index contributed by atoms with van der Waals surface area (Å²) >= 11 is 3.09. The molecule has 6 heteroatoms. The van der Waals surface area contributed by atoms with E-state index in [0.29, 0.717) is 11.0 Å². The van der Waals surface area contributed by atoms with Crippen LogP contribution in [0.2, 0.25) is 0 Å². The number of thiazole rings is 1. The second-order valence-corrected chi connectivity index (χ2v) is 5.08. The SMILES string of the molecule is C=C(CSc1cnc(N)s1)c1ncco1. The van der Waals surface area contributed by atoms with Gasteiger partial charge in [-0.3, -0.25) is 0 Å².